The van der Waals surface area contributed by atoms with Crippen molar-refractivity contribution < 1.29 is 4.52 Å². The van der Waals surface area contributed by atoms with Crippen molar-refractivity contribution in [1.29, 1.82) is 0 Å². The summed E-state index contributed by atoms with van der Waals surface area (Å²) in [7, 11) is 0. The van der Waals surface area contributed by atoms with Crippen LogP contribution in [0.15, 0.2) is 4.52 Å². The molecule has 2 aliphatic carbocycles. The molecular formula is C13H20N2O. The molecule has 0 unspecified atom stereocenters. The third kappa shape index (κ3) is 2.01. The number of hydrogen-bond donors (Lipinski definition) is 1. The van der Waals surface area contributed by atoms with Gasteiger partial charge in [0.15, 0.2) is 0 Å². The molecular weight excluding hydrogens is 200 g/mol. The lowest BCUT2D eigenvalue weighted by Gasteiger charge is -2.28. The molecule has 3 nitrogen and oxygen atoms in total. The minimum atomic E-state index is 0.410. The fourth-order valence-electron chi connectivity index (χ4n) is 2.46. The van der Waals surface area contributed by atoms with Crippen LogP contribution in [0.4, 0.5) is 0 Å². The molecule has 0 aromatic carbocycles. The first-order valence-corrected chi connectivity index (χ1v) is 6.34. The van der Waals surface area contributed by atoms with Crippen molar-refractivity contribution in [1.82, 2.24) is 10.5 Å². The van der Waals surface area contributed by atoms with Crippen molar-refractivity contribution in [3.63, 3.8) is 0 Å². The molecule has 88 valence electrons. The molecule has 1 N–H and O–H groups in total. The molecule has 1 aromatic rings. The molecule has 0 amide bonds. The summed E-state index contributed by atoms with van der Waals surface area (Å²) in [5.41, 5.74) is 2.94. The summed E-state index contributed by atoms with van der Waals surface area (Å²) in [6, 6.07) is 0.740. The van der Waals surface area contributed by atoms with Gasteiger partial charge < -0.3 is 9.84 Å². The van der Waals surface area contributed by atoms with Crippen LogP contribution in [0.3, 0.4) is 0 Å². The highest BCUT2D eigenvalue weighted by Gasteiger charge is 2.31. The van der Waals surface area contributed by atoms with Gasteiger partial charge in [0.1, 0.15) is 11.5 Å². The van der Waals surface area contributed by atoms with Crippen LogP contribution in [0, 0.1) is 5.41 Å². The van der Waals surface area contributed by atoms with Gasteiger partial charge in [-0.05, 0) is 31.1 Å². The maximum absolute atomic E-state index is 5.44. The Balaban J connectivity index is 1.76. The zero-order chi connectivity index (χ0) is 11.2. The smallest absolute Gasteiger partial charge is 0.140 e. The van der Waals surface area contributed by atoms with Gasteiger partial charge in [0.25, 0.3) is 0 Å². The maximum Gasteiger partial charge on any atom is 0.140 e. The molecule has 3 rings (SSSR count). The molecule has 0 atom stereocenters. The van der Waals surface area contributed by atoms with Gasteiger partial charge in [-0.2, -0.15) is 0 Å². The first-order chi connectivity index (χ1) is 7.64. The molecule has 2 aliphatic rings. The van der Waals surface area contributed by atoms with Gasteiger partial charge in [-0.15, -0.1) is 0 Å². The van der Waals surface area contributed by atoms with E-state index in [1.165, 1.54) is 24.8 Å². The Hall–Kier alpha value is -0.830. The summed E-state index contributed by atoms with van der Waals surface area (Å²) in [6.07, 6.45) is 6.04. The van der Waals surface area contributed by atoms with Crippen LogP contribution < -0.4 is 5.32 Å². The number of hydrogen-bond acceptors (Lipinski definition) is 3. The lowest BCUT2D eigenvalue weighted by Crippen LogP contribution is -2.23. The third-order valence-electron chi connectivity index (χ3n) is 3.77. The average molecular weight is 220 g/mol. The Bertz CT molecular complexity index is 391. The van der Waals surface area contributed by atoms with E-state index in [0.717, 1.165) is 36.9 Å². The van der Waals surface area contributed by atoms with Gasteiger partial charge in [0, 0.05) is 24.6 Å². The summed E-state index contributed by atoms with van der Waals surface area (Å²) in [5, 5.41) is 7.74. The topological polar surface area (TPSA) is 38.1 Å². The van der Waals surface area contributed by atoms with Crippen molar-refractivity contribution in [3.8, 4) is 0 Å². The lowest BCUT2D eigenvalue weighted by atomic mass is 9.76. The van der Waals surface area contributed by atoms with Crippen molar-refractivity contribution in [2.75, 3.05) is 0 Å². The van der Waals surface area contributed by atoms with Crippen LogP contribution in [-0.2, 0) is 19.4 Å². The fraction of sp³-hybridized carbons (Fsp3) is 0.769. The number of rotatable bonds is 3. The number of fused-ring (bicyclic) bond motifs is 1. The molecule has 1 saturated carbocycles. The minimum absolute atomic E-state index is 0.410. The molecule has 16 heavy (non-hydrogen) atoms. The largest absolute Gasteiger partial charge is 0.361 e. The Morgan fingerprint density at radius 3 is 3.00 bits per heavy atom. The Morgan fingerprint density at radius 1 is 1.44 bits per heavy atom. The Morgan fingerprint density at radius 2 is 2.25 bits per heavy atom. The number of nitrogens with one attached hydrogen (secondary N) is 1. The van der Waals surface area contributed by atoms with Crippen molar-refractivity contribution in [3.05, 3.63) is 17.0 Å². The van der Waals surface area contributed by atoms with E-state index < -0.39 is 0 Å². The van der Waals surface area contributed by atoms with E-state index in [4.69, 9.17) is 4.52 Å². The highest BCUT2D eigenvalue weighted by molar-refractivity contribution is 5.27. The van der Waals surface area contributed by atoms with E-state index in [9.17, 15) is 0 Å². The van der Waals surface area contributed by atoms with E-state index in [-0.39, 0.29) is 0 Å². The third-order valence-corrected chi connectivity index (χ3v) is 3.77. The number of aromatic nitrogens is 1. The van der Waals surface area contributed by atoms with Gasteiger partial charge in [0.2, 0.25) is 0 Å². The normalized spacial score (nSPS) is 23.1. The van der Waals surface area contributed by atoms with Crippen molar-refractivity contribution in [2.24, 2.45) is 5.41 Å². The molecule has 0 radical (unpaired) electrons. The second kappa shape index (κ2) is 3.59. The van der Waals surface area contributed by atoms with Crippen LogP contribution >= 0.6 is 0 Å². The van der Waals surface area contributed by atoms with Gasteiger partial charge in [0.05, 0.1) is 0 Å². The van der Waals surface area contributed by atoms with Gasteiger partial charge >= 0.3 is 0 Å². The van der Waals surface area contributed by atoms with Gasteiger partial charge in [-0.1, -0.05) is 19.0 Å². The summed E-state index contributed by atoms with van der Waals surface area (Å²) < 4.78 is 5.44. The number of nitrogens with zero attached hydrogens (tertiary/aromatic N) is 1. The first kappa shape index (κ1) is 10.3. The van der Waals surface area contributed by atoms with Crippen molar-refractivity contribution >= 4 is 0 Å². The predicted octanol–water partition coefficient (Wildman–Crippen LogP) is 2.44. The molecule has 1 heterocycles. The van der Waals surface area contributed by atoms with E-state index >= 15 is 0 Å². The Kier molecular flexibility index (Phi) is 2.32. The quantitative estimate of drug-likeness (QED) is 0.850. The van der Waals surface area contributed by atoms with Crippen molar-refractivity contribution in [2.45, 2.75) is 58.5 Å². The molecule has 1 fully saturated rings. The fourth-order valence-corrected chi connectivity index (χ4v) is 2.46. The number of aryl methyl sites for hydroxylation is 1. The molecule has 0 bridgehead atoms. The average Bonchev–Trinajstić information content (AvgIpc) is 2.97. The molecule has 0 aliphatic heterocycles. The zero-order valence-electron chi connectivity index (χ0n) is 10.2. The Labute approximate surface area is 96.6 Å². The van der Waals surface area contributed by atoms with E-state index in [2.05, 4.69) is 24.3 Å². The van der Waals surface area contributed by atoms with Crippen LogP contribution in [0.2, 0.25) is 0 Å². The monoisotopic (exact) mass is 220 g/mol. The van der Waals surface area contributed by atoms with E-state index in [0.29, 0.717) is 5.41 Å². The molecule has 1 aromatic heterocycles. The second-order valence-electron chi connectivity index (χ2n) is 6.03. The summed E-state index contributed by atoms with van der Waals surface area (Å²) >= 11 is 0. The van der Waals surface area contributed by atoms with Crippen LogP contribution in [0.1, 0.15) is 50.1 Å². The standard InChI is InChI=1S/C13H20N2O/c1-13(2)6-5-12-10(7-13)11(15-16-12)8-14-9-3-4-9/h9,14H,3-8H2,1-2H3. The SMILES string of the molecule is CC1(C)CCc2onc(CNC3CC3)c2C1. The summed E-state index contributed by atoms with van der Waals surface area (Å²) in [6.45, 7) is 5.56. The molecule has 0 saturated heterocycles. The lowest BCUT2D eigenvalue weighted by molar-refractivity contribution is 0.282. The second-order valence-corrected chi connectivity index (χ2v) is 6.03. The summed E-state index contributed by atoms with van der Waals surface area (Å²) in [5.74, 6) is 1.13. The predicted molar refractivity (Wildman–Crippen MR) is 62.2 cm³/mol. The molecule has 0 spiro atoms. The van der Waals surface area contributed by atoms with Crippen LogP contribution in [0.5, 0.6) is 0 Å². The van der Waals surface area contributed by atoms with E-state index in [1.807, 2.05) is 0 Å². The minimum Gasteiger partial charge on any atom is -0.361 e. The highest BCUT2D eigenvalue weighted by Crippen LogP contribution is 2.36. The molecule has 3 heteroatoms. The van der Waals surface area contributed by atoms with Crippen LogP contribution in [0.25, 0.3) is 0 Å². The zero-order valence-corrected chi connectivity index (χ0v) is 10.2. The van der Waals surface area contributed by atoms with E-state index in [1.54, 1.807) is 0 Å². The van der Waals surface area contributed by atoms with Crippen LogP contribution in [-0.4, -0.2) is 11.2 Å². The van der Waals surface area contributed by atoms with Gasteiger partial charge in [-0.3, -0.25) is 0 Å². The maximum atomic E-state index is 5.44. The highest BCUT2D eigenvalue weighted by atomic mass is 16.5. The van der Waals surface area contributed by atoms with Gasteiger partial charge in [-0.25, -0.2) is 0 Å². The summed E-state index contributed by atoms with van der Waals surface area (Å²) in [4.78, 5) is 0. The first-order valence-electron chi connectivity index (χ1n) is 6.34.